The molecule has 1 aromatic carbocycles. The molecule has 0 saturated carbocycles. The molecule has 118 valence electrons. The van der Waals surface area contributed by atoms with Gasteiger partial charge in [-0.15, -0.1) is 12.4 Å². The molecule has 1 heterocycles. The Hall–Kier alpha value is -0.950. The van der Waals surface area contributed by atoms with Gasteiger partial charge < -0.3 is 15.7 Å². The zero-order valence-corrected chi connectivity index (χ0v) is 12.6. The highest BCUT2D eigenvalue weighted by atomic mass is 35.5. The number of aliphatic hydroxyl groups is 1. The molecule has 1 amide bonds. The molecule has 0 aromatic heterocycles. The lowest BCUT2D eigenvalue weighted by molar-refractivity contribution is -0.124. The van der Waals surface area contributed by atoms with Gasteiger partial charge in [-0.25, -0.2) is 8.78 Å². The summed E-state index contributed by atoms with van der Waals surface area (Å²) in [5.41, 5.74) is 0.100. The summed E-state index contributed by atoms with van der Waals surface area (Å²) < 4.78 is 26.9. The Balaban J connectivity index is 0.00000220. The average Bonchev–Trinajstić information content (AvgIpc) is 2.86. The van der Waals surface area contributed by atoms with E-state index < -0.39 is 36.6 Å². The Morgan fingerprint density at radius 3 is 2.86 bits per heavy atom. The summed E-state index contributed by atoms with van der Waals surface area (Å²) in [5.74, 6) is -1.15. The number of hydrogen-bond acceptors (Lipinski definition) is 3. The Morgan fingerprint density at radius 2 is 2.29 bits per heavy atom. The minimum Gasteiger partial charge on any atom is -0.394 e. The van der Waals surface area contributed by atoms with Crippen molar-refractivity contribution in [2.45, 2.75) is 24.7 Å². The largest absolute Gasteiger partial charge is 0.394 e. The van der Waals surface area contributed by atoms with Gasteiger partial charge in [-0.3, -0.25) is 4.79 Å². The minimum absolute atomic E-state index is 0. The smallest absolute Gasteiger partial charge is 0.237 e. The van der Waals surface area contributed by atoms with E-state index in [0.717, 1.165) is 0 Å². The maximum Gasteiger partial charge on any atom is 0.237 e. The van der Waals surface area contributed by atoms with Crippen molar-refractivity contribution in [3.8, 4) is 0 Å². The molecule has 1 aliphatic heterocycles. The van der Waals surface area contributed by atoms with Crippen LogP contribution in [0, 0.1) is 5.82 Å². The second-order valence-electron chi connectivity index (χ2n) is 4.68. The van der Waals surface area contributed by atoms with Crippen LogP contribution in [0.2, 0.25) is 5.02 Å². The molecular weight excluding hydrogens is 325 g/mol. The first kappa shape index (κ1) is 18.1. The van der Waals surface area contributed by atoms with E-state index in [4.69, 9.17) is 11.6 Å². The Morgan fingerprint density at radius 1 is 1.57 bits per heavy atom. The van der Waals surface area contributed by atoms with Gasteiger partial charge in [0.1, 0.15) is 12.0 Å². The number of amides is 1. The lowest BCUT2D eigenvalue weighted by atomic mass is 10.1. The number of aliphatic hydroxyl groups excluding tert-OH is 1. The number of rotatable bonds is 4. The molecule has 8 heteroatoms. The number of halogens is 4. The van der Waals surface area contributed by atoms with E-state index in [2.05, 4.69) is 10.6 Å². The molecule has 2 rings (SSSR count). The van der Waals surface area contributed by atoms with Gasteiger partial charge in [-0.2, -0.15) is 0 Å². The summed E-state index contributed by atoms with van der Waals surface area (Å²) in [6.07, 6.45) is -0.997. The van der Waals surface area contributed by atoms with Gasteiger partial charge in [0.15, 0.2) is 0 Å². The third-order valence-electron chi connectivity index (χ3n) is 3.25. The lowest BCUT2D eigenvalue weighted by Crippen LogP contribution is -2.43. The molecular formula is C13H16Cl2F2N2O2. The van der Waals surface area contributed by atoms with Crippen molar-refractivity contribution in [1.82, 2.24) is 10.6 Å². The van der Waals surface area contributed by atoms with E-state index in [1.165, 1.54) is 18.2 Å². The van der Waals surface area contributed by atoms with Crippen LogP contribution >= 0.6 is 24.0 Å². The first-order valence-corrected chi connectivity index (χ1v) is 6.63. The second kappa shape index (κ2) is 7.89. The van der Waals surface area contributed by atoms with Crippen LogP contribution in [0.5, 0.6) is 0 Å². The zero-order valence-electron chi connectivity index (χ0n) is 11.0. The monoisotopic (exact) mass is 340 g/mol. The highest BCUT2D eigenvalue weighted by Crippen LogP contribution is 2.23. The third-order valence-corrected chi connectivity index (χ3v) is 3.54. The van der Waals surface area contributed by atoms with Gasteiger partial charge in [0.05, 0.1) is 23.7 Å². The SMILES string of the molecule is Cl.O=C(N[C@@H](CO)c1cccc(Cl)c1F)[C@@H]1C[C@@H](F)CN1. The van der Waals surface area contributed by atoms with Crippen LogP contribution in [0.25, 0.3) is 0 Å². The molecule has 1 aromatic rings. The lowest BCUT2D eigenvalue weighted by Gasteiger charge is -2.20. The van der Waals surface area contributed by atoms with Crippen LogP contribution in [0.3, 0.4) is 0 Å². The maximum atomic E-state index is 13.9. The molecule has 1 fully saturated rings. The topological polar surface area (TPSA) is 61.4 Å². The summed E-state index contributed by atoms with van der Waals surface area (Å²) in [6.45, 7) is -0.359. The van der Waals surface area contributed by atoms with Crippen molar-refractivity contribution < 1.29 is 18.7 Å². The summed E-state index contributed by atoms with van der Waals surface area (Å²) in [6, 6.07) is 2.76. The molecule has 3 N–H and O–H groups in total. The number of carbonyl (C=O) groups is 1. The van der Waals surface area contributed by atoms with E-state index in [1.807, 2.05) is 0 Å². The van der Waals surface area contributed by atoms with E-state index in [-0.39, 0.29) is 36.0 Å². The normalized spacial score (nSPS) is 22.5. The molecule has 1 saturated heterocycles. The highest BCUT2D eigenvalue weighted by molar-refractivity contribution is 6.30. The Bertz CT molecular complexity index is 505. The molecule has 4 nitrogen and oxygen atoms in total. The summed E-state index contributed by atoms with van der Waals surface area (Å²) in [5, 5.41) is 14.5. The molecule has 21 heavy (non-hydrogen) atoms. The van der Waals surface area contributed by atoms with Crippen LogP contribution < -0.4 is 10.6 Å². The molecule has 0 spiro atoms. The second-order valence-corrected chi connectivity index (χ2v) is 5.09. The first-order valence-electron chi connectivity index (χ1n) is 6.25. The van der Waals surface area contributed by atoms with Crippen molar-refractivity contribution >= 4 is 29.9 Å². The molecule has 3 atom stereocenters. The quantitative estimate of drug-likeness (QED) is 0.782. The fourth-order valence-electron chi connectivity index (χ4n) is 2.18. The van der Waals surface area contributed by atoms with Gasteiger partial charge >= 0.3 is 0 Å². The molecule has 1 aliphatic rings. The number of carbonyl (C=O) groups excluding carboxylic acids is 1. The maximum absolute atomic E-state index is 13.9. The highest BCUT2D eigenvalue weighted by Gasteiger charge is 2.31. The summed E-state index contributed by atoms with van der Waals surface area (Å²) in [7, 11) is 0. The van der Waals surface area contributed by atoms with Crippen molar-refractivity contribution in [3.05, 3.63) is 34.6 Å². The standard InChI is InChI=1S/C13H15ClF2N2O2.ClH/c14-9-3-1-2-8(12(9)16)11(6-19)18-13(20)10-4-7(15)5-17-10;/h1-3,7,10-11,17,19H,4-6H2,(H,18,20);1H/t7-,10+,11+;/m1./s1. The van der Waals surface area contributed by atoms with Crippen LogP contribution in [0.15, 0.2) is 18.2 Å². The van der Waals surface area contributed by atoms with Gasteiger partial charge in [-0.1, -0.05) is 23.7 Å². The predicted octanol–water partition coefficient (Wildman–Crippen LogP) is 1.75. The van der Waals surface area contributed by atoms with Crippen molar-refractivity contribution in [1.29, 1.82) is 0 Å². The zero-order chi connectivity index (χ0) is 14.7. The number of alkyl halides is 1. The predicted molar refractivity (Wildman–Crippen MR) is 77.9 cm³/mol. The number of hydrogen-bond donors (Lipinski definition) is 3. The summed E-state index contributed by atoms with van der Waals surface area (Å²) in [4.78, 5) is 11.9. The van der Waals surface area contributed by atoms with Gasteiger partial charge in [0.25, 0.3) is 0 Å². The fourth-order valence-corrected chi connectivity index (χ4v) is 2.36. The van der Waals surface area contributed by atoms with Gasteiger partial charge in [-0.05, 0) is 6.07 Å². The van der Waals surface area contributed by atoms with E-state index in [9.17, 15) is 18.7 Å². The van der Waals surface area contributed by atoms with Crippen LogP contribution in [-0.2, 0) is 4.79 Å². The summed E-state index contributed by atoms with van der Waals surface area (Å²) >= 11 is 5.67. The van der Waals surface area contributed by atoms with Gasteiger partial charge in [0.2, 0.25) is 5.91 Å². The van der Waals surface area contributed by atoms with Gasteiger partial charge in [0, 0.05) is 18.5 Å². The Labute approximate surface area is 132 Å². The molecule has 0 unspecified atom stereocenters. The molecule has 0 radical (unpaired) electrons. The minimum atomic E-state index is -1.07. The van der Waals surface area contributed by atoms with Crippen molar-refractivity contribution in [2.75, 3.05) is 13.2 Å². The van der Waals surface area contributed by atoms with Crippen molar-refractivity contribution in [2.24, 2.45) is 0 Å². The van der Waals surface area contributed by atoms with E-state index in [0.29, 0.717) is 0 Å². The number of benzene rings is 1. The van der Waals surface area contributed by atoms with Crippen LogP contribution in [-0.4, -0.2) is 36.4 Å². The van der Waals surface area contributed by atoms with Crippen molar-refractivity contribution in [3.63, 3.8) is 0 Å². The van der Waals surface area contributed by atoms with E-state index >= 15 is 0 Å². The third kappa shape index (κ3) is 4.26. The Kier molecular flexibility index (Phi) is 6.80. The van der Waals surface area contributed by atoms with Crippen LogP contribution in [0.1, 0.15) is 18.0 Å². The molecule has 0 aliphatic carbocycles. The fraction of sp³-hybridized carbons (Fsp3) is 0.462. The first-order chi connectivity index (χ1) is 9.52. The average molecular weight is 341 g/mol. The van der Waals surface area contributed by atoms with Crippen LogP contribution in [0.4, 0.5) is 8.78 Å². The molecule has 0 bridgehead atoms. The van der Waals surface area contributed by atoms with E-state index in [1.54, 1.807) is 0 Å². The number of nitrogens with one attached hydrogen (secondary N) is 2.